The van der Waals surface area contributed by atoms with Crippen molar-refractivity contribution in [2.75, 3.05) is 6.54 Å². The highest BCUT2D eigenvalue weighted by Gasteiger charge is 2.10. The Morgan fingerprint density at radius 2 is 1.95 bits per heavy atom. The van der Waals surface area contributed by atoms with Crippen molar-refractivity contribution < 1.29 is 9.59 Å². The maximum absolute atomic E-state index is 11.7. The first-order chi connectivity index (χ1) is 10.5. The van der Waals surface area contributed by atoms with Gasteiger partial charge in [-0.15, -0.1) is 0 Å². The lowest BCUT2D eigenvalue weighted by Gasteiger charge is -2.15. The number of nitrogens with zero attached hydrogens (tertiary/aromatic N) is 2. The van der Waals surface area contributed by atoms with Crippen LogP contribution in [0.15, 0.2) is 36.7 Å². The van der Waals surface area contributed by atoms with Crippen molar-refractivity contribution in [3.63, 3.8) is 0 Å². The van der Waals surface area contributed by atoms with E-state index >= 15 is 0 Å². The Bertz CT molecular complexity index is 661. The molecule has 6 heteroatoms. The Hall–Kier alpha value is -2.63. The van der Waals surface area contributed by atoms with Crippen LogP contribution in [0.4, 0.5) is 0 Å². The molecule has 0 aliphatic carbocycles. The van der Waals surface area contributed by atoms with E-state index in [1.54, 1.807) is 6.20 Å². The molecule has 1 aromatic carbocycles. The SMILES string of the molecule is CC(=O)NCC(=O)N[C@@H](C)c1ccc(-n2ccnc2C)cc1. The molecule has 6 nitrogen and oxygen atoms in total. The quantitative estimate of drug-likeness (QED) is 0.878. The van der Waals surface area contributed by atoms with Crippen molar-refractivity contribution in [1.29, 1.82) is 0 Å². The first-order valence-electron chi connectivity index (χ1n) is 7.11. The second kappa shape index (κ2) is 6.89. The molecule has 0 radical (unpaired) electrons. The second-order valence-corrected chi connectivity index (χ2v) is 5.13. The molecule has 2 N–H and O–H groups in total. The second-order valence-electron chi connectivity index (χ2n) is 5.13. The minimum Gasteiger partial charge on any atom is -0.348 e. The maximum atomic E-state index is 11.7. The van der Waals surface area contributed by atoms with E-state index in [9.17, 15) is 9.59 Å². The number of imidazole rings is 1. The van der Waals surface area contributed by atoms with Gasteiger partial charge < -0.3 is 15.2 Å². The first-order valence-corrected chi connectivity index (χ1v) is 7.11. The number of carbonyl (C=O) groups is 2. The molecule has 0 saturated heterocycles. The van der Waals surface area contributed by atoms with E-state index in [-0.39, 0.29) is 24.4 Å². The summed E-state index contributed by atoms with van der Waals surface area (Å²) in [5, 5.41) is 5.32. The number of benzene rings is 1. The number of aryl methyl sites for hydroxylation is 1. The molecule has 1 heterocycles. The van der Waals surface area contributed by atoms with Gasteiger partial charge in [0.05, 0.1) is 12.6 Å². The molecule has 22 heavy (non-hydrogen) atoms. The number of hydrogen-bond acceptors (Lipinski definition) is 3. The molecule has 0 saturated carbocycles. The van der Waals surface area contributed by atoms with E-state index in [0.29, 0.717) is 0 Å². The molecule has 1 atom stereocenters. The summed E-state index contributed by atoms with van der Waals surface area (Å²) in [6.45, 7) is 5.22. The predicted octanol–water partition coefficient (Wildman–Crippen LogP) is 1.49. The number of hydrogen-bond donors (Lipinski definition) is 2. The third-order valence-corrected chi connectivity index (χ3v) is 3.37. The van der Waals surface area contributed by atoms with Crippen LogP contribution in [-0.4, -0.2) is 27.9 Å². The lowest BCUT2D eigenvalue weighted by atomic mass is 10.1. The Morgan fingerprint density at radius 1 is 1.27 bits per heavy atom. The minimum absolute atomic E-state index is 0.00795. The van der Waals surface area contributed by atoms with Gasteiger partial charge in [0.2, 0.25) is 11.8 Å². The van der Waals surface area contributed by atoms with Crippen LogP contribution in [0.25, 0.3) is 5.69 Å². The molecule has 0 fully saturated rings. The van der Waals surface area contributed by atoms with Crippen LogP contribution in [0.5, 0.6) is 0 Å². The van der Waals surface area contributed by atoms with E-state index < -0.39 is 0 Å². The van der Waals surface area contributed by atoms with Gasteiger partial charge in [-0.3, -0.25) is 9.59 Å². The van der Waals surface area contributed by atoms with E-state index in [2.05, 4.69) is 15.6 Å². The normalized spacial score (nSPS) is 11.8. The molecular formula is C16H20N4O2. The fourth-order valence-corrected chi connectivity index (χ4v) is 2.16. The fourth-order valence-electron chi connectivity index (χ4n) is 2.16. The van der Waals surface area contributed by atoms with E-state index in [1.807, 2.05) is 48.9 Å². The largest absolute Gasteiger partial charge is 0.348 e. The molecule has 0 spiro atoms. The number of carbonyl (C=O) groups excluding carboxylic acids is 2. The monoisotopic (exact) mass is 300 g/mol. The highest BCUT2D eigenvalue weighted by molar-refractivity contribution is 5.83. The Balaban J connectivity index is 1.99. The van der Waals surface area contributed by atoms with Crippen molar-refractivity contribution >= 4 is 11.8 Å². The molecule has 0 bridgehead atoms. The van der Waals surface area contributed by atoms with E-state index in [0.717, 1.165) is 17.1 Å². The van der Waals surface area contributed by atoms with Crippen LogP contribution in [0.1, 0.15) is 31.3 Å². The summed E-state index contributed by atoms with van der Waals surface area (Å²) < 4.78 is 1.99. The van der Waals surface area contributed by atoms with Crippen molar-refractivity contribution in [3.8, 4) is 5.69 Å². The van der Waals surface area contributed by atoms with E-state index in [4.69, 9.17) is 0 Å². The summed E-state index contributed by atoms with van der Waals surface area (Å²) in [7, 11) is 0. The first kappa shape index (κ1) is 15.8. The minimum atomic E-state index is -0.220. The number of aromatic nitrogens is 2. The molecule has 116 valence electrons. The lowest BCUT2D eigenvalue weighted by Crippen LogP contribution is -2.37. The molecule has 2 amide bonds. The number of amides is 2. The highest BCUT2D eigenvalue weighted by Crippen LogP contribution is 2.16. The number of rotatable bonds is 5. The Labute approximate surface area is 129 Å². The van der Waals surface area contributed by atoms with Gasteiger partial charge in [-0.1, -0.05) is 12.1 Å². The van der Waals surface area contributed by atoms with Crippen molar-refractivity contribution in [3.05, 3.63) is 48.0 Å². The zero-order valence-electron chi connectivity index (χ0n) is 13.0. The molecule has 2 rings (SSSR count). The Kier molecular flexibility index (Phi) is 4.93. The summed E-state index contributed by atoms with van der Waals surface area (Å²) in [6.07, 6.45) is 3.66. The van der Waals surface area contributed by atoms with Crippen LogP contribution in [0, 0.1) is 6.92 Å². The summed E-state index contributed by atoms with van der Waals surface area (Å²) in [5.74, 6) is 0.490. The van der Waals surface area contributed by atoms with Gasteiger partial charge in [-0.2, -0.15) is 0 Å². The van der Waals surface area contributed by atoms with Crippen LogP contribution >= 0.6 is 0 Å². The van der Waals surface area contributed by atoms with E-state index in [1.165, 1.54) is 6.92 Å². The molecular weight excluding hydrogens is 280 g/mol. The molecule has 0 aliphatic heterocycles. The van der Waals surface area contributed by atoms with Crippen molar-refractivity contribution in [2.24, 2.45) is 0 Å². The third-order valence-electron chi connectivity index (χ3n) is 3.37. The zero-order valence-corrected chi connectivity index (χ0v) is 13.0. The van der Waals surface area contributed by atoms with Gasteiger partial charge >= 0.3 is 0 Å². The van der Waals surface area contributed by atoms with Crippen LogP contribution in [-0.2, 0) is 9.59 Å². The van der Waals surface area contributed by atoms with Crippen molar-refractivity contribution in [2.45, 2.75) is 26.8 Å². The number of nitrogens with one attached hydrogen (secondary N) is 2. The molecule has 0 aliphatic rings. The standard InChI is InChI=1S/C16H20N4O2/c1-11(19-16(22)10-18-13(3)21)14-4-6-15(7-5-14)20-9-8-17-12(20)2/h4-9,11H,10H2,1-3H3,(H,18,21)(H,19,22)/t11-/m0/s1. The van der Waals surface area contributed by atoms with Gasteiger partial charge in [-0.25, -0.2) is 4.98 Å². The summed E-state index contributed by atoms with van der Waals surface area (Å²) >= 11 is 0. The maximum Gasteiger partial charge on any atom is 0.239 e. The smallest absolute Gasteiger partial charge is 0.239 e. The molecule has 1 aromatic heterocycles. The van der Waals surface area contributed by atoms with Crippen LogP contribution in [0.2, 0.25) is 0 Å². The summed E-state index contributed by atoms with van der Waals surface area (Å²) in [4.78, 5) is 26.7. The zero-order chi connectivity index (χ0) is 16.1. The summed E-state index contributed by atoms with van der Waals surface area (Å²) in [6, 6.07) is 7.79. The van der Waals surface area contributed by atoms with Crippen LogP contribution in [0.3, 0.4) is 0 Å². The van der Waals surface area contributed by atoms with Gasteiger partial charge in [-0.05, 0) is 31.5 Å². The fraction of sp³-hybridized carbons (Fsp3) is 0.312. The van der Waals surface area contributed by atoms with Gasteiger partial charge in [0.1, 0.15) is 5.82 Å². The van der Waals surface area contributed by atoms with Gasteiger partial charge in [0.25, 0.3) is 0 Å². The van der Waals surface area contributed by atoms with Gasteiger partial charge in [0.15, 0.2) is 0 Å². The van der Waals surface area contributed by atoms with Crippen LogP contribution < -0.4 is 10.6 Å². The lowest BCUT2D eigenvalue weighted by molar-refractivity contribution is -0.125. The predicted molar refractivity (Wildman–Crippen MR) is 83.5 cm³/mol. The topological polar surface area (TPSA) is 76.0 Å². The average molecular weight is 300 g/mol. The summed E-state index contributed by atoms with van der Waals surface area (Å²) in [5.41, 5.74) is 2.02. The average Bonchev–Trinajstić information content (AvgIpc) is 2.91. The van der Waals surface area contributed by atoms with Crippen molar-refractivity contribution in [1.82, 2.24) is 20.2 Å². The molecule has 0 unspecified atom stereocenters. The molecule has 2 aromatic rings. The highest BCUT2D eigenvalue weighted by atomic mass is 16.2. The third kappa shape index (κ3) is 3.94. The van der Waals surface area contributed by atoms with Gasteiger partial charge in [0, 0.05) is 25.0 Å². The Morgan fingerprint density at radius 3 is 2.50 bits per heavy atom.